The first-order chi connectivity index (χ1) is 8.91. The lowest BCUT2D eigenvalue weighted by molar-refractivity contribution is -0.181. The third kappa shape index (κ3) is 3.33. The molecule has 1 atom stereocenters. The molecule has 0 aromatic heterocycles. The fourth-order valence-corrected chi connectivity index (χ4v) is 3.30. The number of carboxylic acid groups (broad SMARTS) is 2. The Bertz CT molecular complexity index is 347. The van der Waals surface area contributed by atoms with E-state index in [0.717, 1.165) is 0 Å². The minimum atomic E-state index is -1.28. The second kappa shape index (κ2) is 6.59. The standard InChI is InChI=1S/C16H30O4/c1-10(2)8-16(14(19)20,9-11(3)4)15(7,12(5)6)13(17)18/h10-12H,8-9H2,1-7H3,(H,17,18)(H,19,20). The van der Waals surface area contributed by atoms with Gasteiger partial charge in [0.25, 0.3) is 0 Å². The highest BCUT2D eigenvalue weighted by atomic mass is 16.4. The molecule has 2 N–H and O–H groups in total. The molecule has 0 aliphatic carbocycles. The molecule has 0 aromatic carbocycles. The average Bonchev–Trinajstić information content (AvgIpc) is 2.24. The van der Waals surface area contributed by atoms with Gasteiger partial charge in [-0.05, 0) is 37.5 Å². The van der Waals surface area contributed by atoms with Crippen LogP contribution in [0, 0.1) is 28.6 Å². The summed E-state index contributed by atoms with van der Waals surface area (Å²) in [5, 5.41) is 19.6. The molecule has 0 aliphatic heterocycles. The fraction of sp³-hybridized carbons (Fsp3) is 0.875. The van der Waals surface area contributed by atoms with Crippen LogP contribution in [0.1, 0.15) is 61.3 Å². The average molecular weight is 286 g/mol. The Morgan fingerprint density at radius 3 is 1.35 bits per heavy atom. The molecule has 0 saturated carbocycles. The summed E-state index contributed by atoms with van der Waals surface area (Å²) < 4.78 is 0. The number of rotatable bonds is 8. The molecule has 1 unspecified atom stereocenters. The van der Waals surface area contributed by atoms with Crippen LogP contribution in [0.2, 0.25) is 0 Å². The molecular formula is C16H30O4. The lowest BCUT2D eigenvalue weighted by atomic mass is 9.53. The molecule has 4 nitrogen and oxygen atoms in total. The van der Waals surface area contributed by atoms with Crippen molar-refractivity contribution in [2.75, 3.05) is 0 Å². The number of aliphatic carboxylic acids is 2. The molecule has 0 aliphatic rings. The van der Waals surface area contributed by atoms with Gasteiger partial charge in [0.15, 0.2) is 0 Å². The van der Waals surface area contributed by atoms with Crippen LogP contribution in [-0.4, -0.2) is 22.2 Å². The van der Waals surface area contributed by atoms with E-state index in [1.807, 2.05) is 27.7 Å². The van der Waals surface area contributed by atoms with Crippen molar-refractivity contribution in [1.82, 2.24) is 0 Å². The van der Waals surface area contributed by atoms with Crippen molar-refractivity contribution in [3.63, 3.8) is 0 Å². The first kappa shape index (κ1) is 18.9. The molecule has 0 saturated heterocycles. The number of carboxylic acids is 2. The lowest BCUT2D eigenvalue weighted by Crippen LogP contribution is -2.55. The Balaban J connectivity index is 6.16. The molecule has 0 heterocycles. The zero-order chi connectivity index (χ0) is 16.3. The Labute approximate surface area is 122 Å². The number of hydrogen-bond acceptors (Lipinski definition) is 2. The molecule has 0 bridgehead atoms. The van der Waals surface area contributed by atoms with Crippen LogP contribution in [0.25, 0.3) is 0 Å². The van der Waals surface area contributed by atoms with Crippen molar-refractivity contribution in [2.24, 2.45) is 28.6 Å². The first-order valence-electron chi connectivity index (χ1n) is 7.38. The van der Waals surface area contributed by atoms with E-state index in [1.165, 1.54) is 0 Å². The quantitative estimate of drug-likeness (QED) is 0.709. The van der Waals surface area contributed by atoms with Crippen LogP contribution in [0.4, 0.5) is 0 Å². The SMILES string of the molecule is CC(C)CC(CC(C)C)(C(=O)O)C(C)(C(=O)O)C(C)C. The predicted molar refractivity (Wildman–Crippen MR) is 79.6 cm³/mol. The topological polar surface area (TPSA) is 74.6 Å². The molecule has 0 spiro atoms. The van der Waals surface area contributed by atoms with Crippen molar-refractivity contribution < 1.29 is 19.8 Å². The maximum Gasteiger partial charge on any atom is 0.310 e. The Kier molecular flexibility index (Phi) is 6.25. The highest BCUT2D eigenvalue weighted by molar-refractivity contribution is 5.86. The molecule has 0 aromatic rings. The summed E-state index contributed by atoms with van der Waals surface area (Å²) in [7, 11) is 0. The molecule has 0 rings (SSSR count). The van der Waals surface area contributed by atoms with Gasteiger partial charge < -0.3 is 10.2 Å². The summed E-state index contributed by atoms with van der Waals surface area (Å²) in [5.74, 6) is -2.01. The van der Waals surface area contributed by atoms with Crippen molar-refractivity contribution >= 4 is 11.9 Å². The second-order valence-corrected chi connectivity index (χ2v) is 7.25. The summed E-state index contributed by atoms with van der Waals surface area (Å²) in [6, 6.07) is 0. The van der Waals surface area contributed by atoms with Gasteiger partial charge in [-0.25, -0.2) is 0 Å². The van der Waals surface area contributed by atoms with Gasteiger partial charge in [-0.3, -0.25) is 9.59 Å². The van der Waals surface area contributed by atoms with E-state index in [0.29, 0.717) is 12.8 Å². The van der Waals surface area contributed by atoms with E-state index >= 15 is 0 Å². The van der Waals surface area contributed by atoms with Crippen molar-refractivity contribution in [3.8, 4) is 0 Å². The summed E-state index contributed by atoms with van der Waals surface area (Å²) in [6.45, 7) is 13.0. The van der Waals surface area contributed by atoms with Gasteiger partial charge in [0.2, 0.25) is 0 Å². The fourth-order valence-electron chi connectivity index (χ4n) is 3.30. The third-order valence-electron chi connectivity index (χ3n) is 4.52. The maximum absolute atomic E-state index is 12.1. The lowest BCUT2D eigenvalue weighted by Gasteiger charge is -2.47. The van der Waals surface area contributed by atoms with Gasteiger partial charge in [0, 0.05) is 0 Å². The molecule has 4 heteroatoms. The first-order valence-corrected chi connectivity index (χ1v) is 7.38. The van der Waals surface area contributed by atoms with E-state index in [9.17, 15) is 19.8 Å². The number of hydrogen-bond donors (Lipinski definition) is 2. The molecule has 118 valence electrons. The van der Waals surface area contributed by atoms with Gasteiger partial charge in [0.1, 0.15) is 0 Å². The van der Waals surface area contributed by atoms with Crippen molar-refractivity contribution in [3.05, 3.63) is 0 Å². The van der Waals surface area contributed by atoms with Gasteiger partial charge in [-0.15, -0.1) is 0 Å². The Morgan fingerprint density at radius 2 is 1.20 bits per heavy atom. The summed E-state index contributed by atoms with van der Waals surface area (Å²) in [6.07, 6.45) is 0.753. The molecule has 0 amide bonds. The monoisotopic (exact) mass is 286 g/mol. The Morgan fingerprint density at radius 1 is 0.850 bits per heavy atom. The van der Waals surface area contributed by atoms with Crippen LogP contribution >= 0.6 is 0 Å². The molecule has 20 heavy (non-hydrogen) atoms. The van der Waals surface area contributed by atoms with Crippen LogP contribution in [0.3, 0.4) is 0 Å². The van der Waals surface area contributed by atoms with Crippen molar-refractivity contribution in [2.45, 2.75) is 61.3 Å². The van der Waals surface area contributed by atoms with Crippen LogP contribution in [-0.2, 0) is 9.59 Å². The van der Waals surface area contributed by atoms with E-state index in [1.54, 1.807) is 20.8 Å². The predicted octanol–water partition coefficient (Wildman–Crippen LogP) is 3.90. The highest BCUT2D eigenvalue weighted by Crippen LogP contribution is 2.53. The number of carbonyl (C=O) groups is 2. The largest absolute Gasteiger partial charge is 0.481 e. The highest BCUT2D eigenvalue weighted by Gasteiger charge is 2.59. The Hall–Kier alpha value is -1.06. The third-order valence-corrected chi connectivity index (χ3v) is 4.52. The smallest absolute Gasteiger partial charge is 0.310 e. The maximum atomic E-state index is 12.1. The molecular weight excluding hydrogens is 256 g/mol. The second-order valence-electron chi connectivity index (χ2n) is 7.25. The van der Waals surface area contributed by atoms with Gasteiger partial charge in [-0.2, -0.15) is 0 Å². The summed E-state index contributed by atoms with van der Waals surface area (Å²) in [5.41, 5.74) is -2.53. The van der Waals surface area contributed by atoms with Gasteiger partial charge >= 0.3 is 11.9 Å². The van der Waals surface area contributed by atoms with E-state index < -0.39 is 22.8 Å². The van der Waals surface area contributed by atoms with E-state index in [2.05, 4.69) is 0 Å². The summed E-state index contributed by atoms with van der Waals surface area (Å²) in [4.78, 5) is 24.0. The van der Waals surface area contributed by atoms with E-state index in [4.69, 9.17) is 0 Å². The minimum Gasteiger partial charge on any atom is -0.481 e. The zero-order valence-electron chi connectivity index (χ0n) is 13.9. The normalized spacial score (nSPS) is 15.7. The minimum absolute atomic E-state index is 0.127. The summed E-state index contributed by atoms with van der Waals surface area (Å²) >= 11 is 0. The van der Waals surface area contributed by atoms with Crippen LogP contribution < -0.4 is 0 Å². The van der Waals surface area contributed by atoms with Gasteiger partial charge in [0.05, 0.1) is 10.8 Å². The van der Waals surface area contributed by atoms with E-state index in [-0.39, 0.29) is 17.8 Å². The van der Waals surface area contributed by atoms with Crippen molar-refractivity contribution in [1.29, 1.82) is 0 Å². The molecule has 0 fully saturated rings. The zero-order valence-corrected chi connectivity index (χ0v) is 13.9. The molecule has 0 radical (unpaired) electrons. The van der Waals surface area contributed by atoms with Crippen LogP contribution in [0.5, 0.6) is 0 Å². The van der Waals surface area contributed by atoms with Gasteiger partial charge in [-0.1, -0.05) is 41.5 Å². The van der Waals surface area contributed by atoms with Crippen LogP contribution in [0.15, 0.2) is 0 Å².